The van der Waals surface area contributed by atoms with Crippen molar-refractivity contribution in [2.45, 2.75) is 24.5 Å². The van der Waals surface area contributed by atoms with Gasteiger partial charge in [0.1, 0.15) is 12.4 Å². The number of ether oxygens (including phenoxy) is 2. The number of aliphatic hydroxyl groups is 1. The lowest BCUT2D eigenvalue weighted by Gasteiger charge is -2.37. The van der Waals surface area contributed by atoms with E-state index in [0.717, 1.165) is 16.9 Å². The van der Waals surface area contributed by atoms with Gasteiger partial charge in [-0.1, -0.05) is 42.5 Å². The normalized spacial score (nSPS) is 24.1. The highest BCUT2D eigenvalue weighted by atomic mass is 16.6. The lowest BCUT2D eigenvalue weighted by molar-refractivity contribution is -0.140. The van der Waals surface area contributed by atoms with E-state index in [1.54, 1.807) is 12.0 Å². The number of hydrogen-bond donors (Lipinski definition) is 1. The van der Waals surface area contributed by atoms with E-state index in [-0.39, 0.29) is 12.5 Å². The van der Waals surface area contributed by atoms with Crippen LogP contribution in [-0.2, 0) is 16.1 Å². The highest BCUT2D eigenvalue weighted by Crippen LogP contribution is 2.40. The van der Waals surface area contributed by atoms with Crippen LogP contribution in [-0.4, -0.2) is 59.3 Å². The fourth-order valence-corrected chi connectivity index (χ4v) is 4.19. The molecule has 0 aromatic heterocycles. The minimum Gasteiger partial charge on any atom is -0.497 e. The van der Waals surface area contributed by atoms with Gasteiger partial charge >= 0.3 is 6.09 Å². The van der Waals surface area contributed by atoms with Crippen molar-refractivity contribution in [1.82, 2.24) is 9.80 Å². The Bertz CT molecular complexity index is 886. The number of aliphatic hydroxyl groups excluding tert-OH is 1. The Kier molecular flexibility index (Phi) is 5.15. The number of likely N-dealkylation sites (tertiary alicyclic amines) is 1. The van der Waals surface area contributed by atoms with Crippen molar-refractivity contribution in [3.05, 3.63) is 65.7 Å². The highest BCUT2D eigenvalue weighted by molar-refractivity contribution is 5.92. The molecular formula is C22H24N2O5. The van der Waals surface area contributed by atoms with Crippen molar-refractivity contribution in [2.24, 2.45) is 0 Å². The molecule has 2 heterocycles. The number of carbonyl (C=O) groups is 2. The minimum absolute atomic E-state index is 0.163. The summed E-state index contributed by atoms with van der Waals surface area (Å²) in [6, 6.07) is 16.6. The molecule has 1 N–H and O–H groups in total. The van der Waals surface area contributed by atoms with Gasteiger partial charge in [-0.2, -0.15) is 0 Å². The highest BCUT2D eigenvalue weighted by Gasteiger charge is 2.57. The van der Waals surface area contributed by atoms with E-state index in [2.05, 4.69) is 0 Å². The summed E-state index contributed by atoms with van der Waals surface area (Å²) in [5.74, 6) is 0.493. The standard InChI is InChI=1S/C22H24N2O5/c1-28-18-9-7-16(8-10-18)13-23-12-11-22(15-25,20(23)26)24-19(14-29-21(24)27)17-5-3-2-4-6-17/h2-10,19,25H,11-15H2,1H3/t19-,22+/m1/s1. The Morgan fingerprint density at radius 1 is 1.14 bits per heavy atom. The summed E-state index contributed by atoms with van der Waals surface area (Å²) < 4.78 is 10.5. The molecule has 7 heteroatoms. The molecule has 2 amide bonds. The van der Waals surface area contributed by atoms with Gasteiger partial charge in [0, 0.05) is 13.1 Å². The molecule has 2 aliphatic heterocycles. The average Bonchev–Trinajstić information content (AvgIpc) is 3.30. The van der Waals surface area contributed by atoms with E-state index < -0.39 is 24.3 Å². The summed E-state index contributed by atoms with van der Waals surface area (Å²) in [6.07, 6.45) is -0.204. The van der Waals surface area contributed by atoms with Gasteiger partial charge in [-0.25, -0.2) is 4.79 Å². The molecule has 0 bridgehead atoms. The van der Waals surface area contributed by atoms with E-state index in [9.17, 15) is 14.7 Å². The second kappa shape index (κ2) is 7.75. The molecule has 7 nitrogen and oxygen atoms in total. The predicted molar refractivity (Wildman–Crippen MR) is 105 cm³/mol. The maximum absolute atomic E-state index is 13.4. The first-order chi connectivity index (χ1) is 14.1. The fourth-order valence-electron chi connectivity index (χ4n) is 4.19. The van der Waals surface area contributed by atoms with Crippen LogP contribution in [0.3, 0.4) is 0 Å². The number of carbonyl (C=O) groups excluding carboxylic acids is 2. The quantitative estimate of drug-likeness (QED) is 0.811. The summed E-state index contributed by atoms with van der Waals surface area (Å²) >= 11 is 0. The Morgan fingerprint density at radius 2 is 1.86 bits per heavy atom. The van der Waals surface area contributed by atoms with Crippen molar-refractivity contribution < 1.29 is 24.2 Å². The Morgan fingerprint density at radius 3 is 2.52 bits per heavy atom. The van der Waals surface area contributed by atoms with Crippen LogP contribution in [0.2, 0.25) is 0 Å². The lowest BCUT2D eigenvalue weighted by atomic mass is 9.93. The third-order valence-electron chi connectivity index (χ3n) is 5.79. The monoisotopic (exact) mass is 396 g/mol. The zero-order valence-electron chi connectivity index (χ0n) is 16.3. The molecule has 2 fully saturated rings. The molecule has 2 aliphatic rings. The summed E-state index contributed by atoms with van der Waals surface area (Å²) in [5.41, 5.74) is 0.532. The van der Waals surface area contributed by atoms with Crippen LogP contribution in [0.15, 0.2) is 54.6 Å². The topological polar surface area (TPSA) is 79.3 Å². The zero-order chi connectivity index (χ0) is 20.4. The summed E-state index contributed by atoms with van der Waals surface area (Å²) in [7, 11) is 1.60. The van der Waals surface area contributed by atoms with Crippen molar-refractivity contribution >= 4 is 12.0 Å². The fraction of sp³-hybridized carbons (Fsp3) is 0.364. The smallest absolute Gasteiger partial charge is 0.411 e. The lowest BCUT2D eigenvalue weighted by Crippen LogP contribution is -2.58. The number of methoxy groups -OCH3 is 1. The number of cyclic esters (lactones) is 1. The number of benzene rings is 2. The van der Waals surface area contributed by atoms with E-state index in [4.69, 9.17) is 9.47 Å². The molecule has 29 heavy (non-hydrogen) atoms. The average molecular weight is 396 g/mol. The van der Waals surface area contributed by atoms with E-state index in [1.807, 2.05) is 54.6 Å². The summed E-state index contributed by atoms with van der Waals surface area (Å²) in [5, 5.41) is 10.3. The Balaban J connectivity index is 1.59. The van der Waals surface area contributed by atoms with Crippen molar-refractivity contribution in [3.63, 3.8) is 0 Å². The number of hydrogen-bond acceptors (Lipinski definition) is 5. The van der Waals surface area contributed by atoms with Crippen LogP contribution in [0.25, 0.3) is 0 Å². The zero-order valence-corrected chi connectivity index (χ0v) is 16.3. The Labute approximate surface area is 169 Å². The molecular weight excluding hydrogens is 372 g/mol. The molecule has 0 spiro atoms. The van der Waals surface area contributed by atoms with Gasteiger partial charge in [-0.15, -0.1) is 0 Å². The summed E-state index contributed by atoms with van der Waals surface area (Å²) in [4.78, 5) is 29.1. The van der Waals surface area contributed by atoms with Crippen LogP contribution < -0.4 is 4.74 Å². The van der Waals surface area contributed by atoms with E-state index in [1.165, 1.54) is 4.90 Å². The van der Waals surface area contributed by atoms with Gasteiger partial charge in [0.2, 0.25) is 0 Å². The van der Waals surface area contributed by atoms with E-state index >= 15 is 0 Å². The van der Waals surface area contributed by atoms with Gasteiger partial charge < -0.3 is 19.5 Å². The van der Waals surface area contributed by atoms with Gasteiger partial charge in [0.25, 0.3) is 5.91 Å². The van der Waals surface area contributed by atoms with Crippen LogP contribution in [0.1, 0.15) is 23.6 Å². The van der Waals surface area contributed by atoms with Gasteiger partial charge in [0.15, 0.2) is 5.54 Å². The predicted octanol–water partition coefficient (Wildman–Crippen LogP) is 2.35. The first-order valence-corrected chi connectivity index (χ1v) is 9.63. The first-order valence-electron chi connectivity index (χ1n) is 9.63. The van der Waals surface area contributed by atoms with Crippen LogP contribution in [0.4, 0.5) is 4.79 Å². The number of amides is 2. The molecule has 152 valence electrons. The van der Waals surface area contributed by atoms with Crippen LogP contribution in [0, 0.1) is 0 Å². The minimum atomic E-state index is -1.30. The maximum Gasteiger partial charge on any atom is 0.411 e. The van der Waals surface area contributed by atoms with Crippen molar-refractivity contribution in [2.75, 3.05) is 26.9 Å². The molecule has 2 aromatic rings. The third-order valence-corrected chi connectivity index (χ3v) is 5.79. The van der Waals surface area contributed by atoms with Crippen molar-refractivity contribution in [3.8, 4) is 5.75 Å². The number of rotatable bonds is 6. The molecule has 2 saturated heterocycles. The second-order valence-electron chi connectivity index (χ2n) is 7.39. The second-order valence-corrected chi connectivity index (χ2v) is 7.39. The van der Waals surface area contributed by atoms with Gasteiger partial charge in [-0.3, -0.25) is 9.69 Å². The summed E-state index contributed by atoms with van der Waals surface area (Å²) in [6.45, 7) is 0.583. The SMILES string of the molecule is COc1ccc(CN2CC[C@@](CO)(N3C(=O)OC[C@@H]3c3ccccc3)C2=O)cc1. The van der Waals surface area contributed by atoms with Crippen LogP contribution in [0.5, 0.6) is 5.75 Å². The first kappa shape index (κ1) is 19.3. The molecule has 2 atom stereocenters. The number of nitrogens with zero attached hydrogens (tertiary/aromatic N) is 2. The van der Waals surface area contributed by atoms with E-state index in [0.29, 0.717) is 19.5 Å². The molecule has 2 aromatic carbocycles. The molecule has 4 rings (SSSR count). The van der Waals surface area contributed by atoms with Crippen LogP contribution >= 0.6 is 0 Å². The molecule has 0 radical (unpaired) electrons. The maximum atomic E-state index is 13.4. The molecule has 0 aliphatic carbocycles. The molecule has 0 unspecified atom stereocenters. The largest absolute Gasteiger partial charge is 0.497 e. The molecule has 0 saturated carbocycles. The van der Waals surface area contributed by atoms with Crippen molar-refractivity contribution in [1.29, 1.82) is 0 Å². The Hall–Kier alpha value is -3.06. The third kappa shape index (κ3) is 3.31. The van der Waals surface area contributed by atoms with Gasteiger partial charge in [-0.05, 0) is 29.7 Å². The van der Waals surface area contributed by atoms with Gasteiger partial charge in [0.05, 0.1) is 19.8 Å².